The van der Waals surface area contributed by atoms with Gasteiger partial charge in [-0.05, 0) is 50.7 Å². The van der Waals surface area contributed by atoms with Crippen molar-refractivity contribution in [2.24, 2.45) is 5.41 Å². The maximum Gasteiger partial charge on any atom is 0.0585 e. The monoisotopic (exact) mass is 256 g/mol. The van der Waals surface area contributed by atoms with E-state index >= 15 is 0 Å². The lowest BCUT2D eigenvalue weighted by atomic mass is 9.85. The van der Waals surface area contributed by atoms with Crippen LogP contribution in [0.2, 0.25) is 0 Å². The van der Waals surface area contributed by atoms with E-state index in [9.17, 15) is 5.11 Å². The molecule has 1 fully saturated rings. The van der Waals surface area contributed by atoms with Crippen molar-refractivity contribution < 1.29 is 5.11 Å². The predicted octanol–water partition coefficient (Wildman–Crippen LogP) is 2.25. The topological polar surface area (TPSA) is 35.5 Å². The summed E-state index contributed by atoms with van der Waals surface area (Å²) in [5.41, 5.74) is 0.515. The Bertz CT molecular complexity index is 229. The van der Waals surface area contributed by atoms with E-state index in [2.05, 4.69) is 37.9 Å². The Morgan fingerprint density at radius 1 is 1.22 bits per heavy atom. The highest BCUT2D eigenvalue weighted by molar-refractivity contribution is 4.77. The van der Waals surface area contributed by atoms with Crippen molar-refractivity contribution in [1.82, 2.24) is 10.2 Å². The second kappa shape index (κ2) is 7.46. The van der Waals surface area contributed by atoms with Gasteiger partial charge in [0.1, 0.15) is 0 Å². The van der Waals surface area contributed by atoms with Gasteiger partial charge in [0.2, 0.25) is 0 Å². The summed E-state index contributed by atoms with van der Waals surface area (Å²) in [6.45, 7) is 12.8. The molecule has 0 aromatic rings. The van der Waals surface area contributed by atoms with Crippen molar-refractivity contribution in [1.29, 1.82) is 0 Å². The van der Waals surface area contributed by atoms with Crippen molar-refractivity contribution >= 4 is 0 Å². The Hall–Kier alpha value is -0.120. The van der Waals surface area contributed by atoms with Crippen molar-refractivity contribution in [3.63, 3.8) is 0 Å². The third kappa shape index (κ3) is 6.17. The van der Waals surface area contributed by atoms with E-state index < -0.39 is 0 Å². The fourth-order valence-electron chi connectivity index (χ4n) is 2.74. The van der Waals surface area contributed by atoms with Gasteiger partial charge in [-0.2, -0.15) is 0 Å². The van der Waals surface area contributed by atoms with Crippen molar-refractivity contribution in [2.45, 2.75) is 65.5 Å². The molecule has 108 valence electrons. The molecule has 1 saturated heterocycles. The molecule has 0 aliphatic carbocycles. The van der Waals surface area contributed by atoms with Crippen molar-refractivity contribution in [2.75, 3.05) is 26.2 Å². The first-order valence-electron chi connectivity index (χ1n) is 7.52. The van der Waals surface area contributed by atoms with Gasteiger partial charge in [-0.1, -0.05) is 27.7 Å². The zero-order valence-corrected chi connectivity index (χ0v) is 12.7. The molecule has 3 nitrogen and oxygen atoms in total. The zero-order valence-electron chi connectivity index (χ0n) is 12.7. The number of aliphatic hydroxyl groups excluding tert-OH is 1. The maximum atomic E-state index is 9.36. The lowest BCUT2D eigenvalue weighted by Crippen LogP contribution is -2.40. The molecule has 0 amide bonds. The van der Waals surface area contributed by atoms with Crippen LogP contribution in [0.15, 0.2) is 0 Å². The highest BCUT2D eigenvalue weighted by Gasteiger charge is 2.23. The van der Waals surface area contributed by atoms with E-state index in [1.54, 1.807) is 0 Å². The Morgan fingerprint density at radius 2 is 1.94 bits per heavy atom. The number of rotatable bonds is 6. The third-order valence-electron chi connectivity index (χ3n) is 4.02. The average Bonchev–Trinajstić information content (AvgIpc) is 2.45. The molecule has 0 aromatic heterocycles. The lowest BCUT2D eigenvalue weighted by Gasteiger charge is -2.25. The standard InChI is InChI=1S/C15H32N2O/c1-13(2)16-14(12-18)6-10-17-9-5-7-15(3,4)8-11-17/h13-14,16,18H,5-12H2,1-4H3. The third-order valence-corrected chi connectivity index (χ3v) is 4.02. The molecule has 0 saturated carbocycles. The highest BCUT2D eigenvalue weighted by Crippen LogP contribution is 2.29. The largest absolute Gasteiger partial charge is 0.395 e. The van der Waals surface area contributed by atoms with E-state index in [-0.39, 0.29) is 12.6 Å². The second-order valence-electron chi connectivity index (χ2n) is 6.85. The summed E-state index contributed by atoms with van der Waals surface area (Å²) in [6, 6.07) is 0.700. The second-order valence-corrected chi connectivity index (χ2v) is 6.85. The van der Waals surface area contributed by atoms with Gasteiger partial charge in [0.05, 0.1) is 6.61 Å². The molecule has 1 atom stereocenters. The molecule has 0 aromatic carbocycles. The van der Waals surface area contributed by atoms with Crippen LogP contribution < -0.4 is 5.32 Å². The molecule has 18 heavy (non-hydrogen) atoms. The fourth-order valence-corrected chi connectivity index (χ4v) is 2.74. The molecule has 0 spiro atoms. The first-order valence-corrected chi connectivity index (χ1v) is 7.52. The quantitative estimate of drug-likeness (QED) is 0.765. The van der Waals surface area contributed by atoms with Crippen LogP contribution in [0.25, 0.3) is 0 Å². The van der Waals surface area contributed by atoms with Gasteiger partial charge < -0.3 is 15.3 Å². The van der Waals surface area contributed by atoms with Gasteiger partial charge in [-0.3, -0.25) is 0 Å². The normalized spacial score (nSPS) is 23.0. The predicted molar refractivity (Wildman–Crippen MR) is 77.8 cm³/mol. The molecule has 1 rings (SSSR count). The number of likely N-dealkylation sites (tertiary alicyclic amines) is 1. The average molecular weight is 256 g/mol. The molecule has 1 aliphatic heterocycles. The Balaban J connectivity index is 2.29. The van der Waals surface area contributed by atoms with Gasteiger partial charge >= 0.3 is 0 Å². The zero-order chi connectivity index (χ0) is 13.6. The fraction of sp³-hybridized carbons (Fsp3) is 1.00. The van der Waals surface area contributed by atoms with Crippen LogP contribution in [0.3, 0.4) is 0 Å². The Kier molecular flexibility index (Phi) is 6.61. The van der Waals surface area contributed by atoms with E-state index in [1.165, 1.54) is 32.4 Å². The first-order chi connectivity index (χ1) is 8.43. The van der Waals surface area contributed by atoms with Gasteiger partial charge in [0, 0.05) is 12.1 Å². The minimum atomic E-state index is 0.248. The van der Waals surface area contributed by atoms with E-state index in [0.29, 0.717) is 11.5 Å². The number of nitrogens with zero attached hydrogens (tertiary/aromatic N) is 1. The van der Waals surface area contributed by atoms with E-state index in [4.69, 9.17) is 0 Å². The van der Waals surface area contributed by atoms with Crippen molar-refractivity contribution in [3.8, 4) is 0 Å². The molecule has 1 unspecified atom stereocenters. The summed E-state index contributed by atoms with van der Waals surface area (Å²) in [6.07, 6.45) is 5.01. The summed E-state index contributed by atoms with van der Waals surface area (Å²) in [5, 5.41) is 12.8. The van der Waals surface area contributed by atoms with Crippen LogP contribution in [-0.4, -0.2) is 48.3 Å². The molecule has 3 heteroatoms. The number of hydrogen-bond acceptors (Lipinski definition) is 3. The van der Waals surface area contributed by atoms with Crippen LogP contribution in [0.5, 0.6) is 0 Å². The van der Waals surface area contributed by atoms with E-state index in [0.717, 1.165) is 13.0 Å². The molecule has 2 N–H and O–H groups in total. The van der Waals surface area contributed by atoms with Gasteiger partial charge in [-0.15, -0.1) is 0 Å². The summed E-state index contributed by atoms with van der Waals surface area (Å²) in [4.78, 5) is 2.57. The minimum Gasteiger partial charge on any atom is -0.395 e. The molecular formula is C15H32N2O. The summed E-state index contributed by atoms with van der Waals surface area (Å²) >= 11 is 0. The minimum absolute atomic E-state index is 0.248. The van der Waals surface area contributed by atoms with Gasteiger partial charge in [0.25, 0.3) is 0 Å². The van der Waals surface area contributed by atoms with Gasteiger partial charge in [-0.25, -0.2) is 0 Å². The first kappa shape index (κ1) is 15.9. The van der Waals surface area contributed by atoms with Crippen LogP contribution in [-0.2, 0) is 0 Å². The van der Waals surface area contributed by atoms with Crippen LogP contribution >= 0.6 is 0 Å². The summed E-state index contributed by atoms with van der Waals surface area (Å²) < 4.78 is 0. The number of aliphatic hydroxyl groups is 1. The Morgan fingerprint density at radius 3 is 2.56 bits per heavy atom. The van der Waals surface area contributed by atoms with Crippen LogP contribution in [0.4, 0.5) is 0 Å². The summed E-state index contributed by atoms with van der Waals surface area (Å²) in [5.74, 6) is 0. The number of nitrogens with one attached hydrogen (secondary N) is 1. The smallest absolute Gasteiger partial charge is 0.0585 e. The molecule has 0 radical (unpaired) electrons. The summed E-state index contributed by atoms with van der Waals surface area (Å²) in [7, 11) is 0. The lowest BCUT2D eigenvalue weighted by molar-refractivity contribution is 0.199. The maximum absolute atomic E-state index is 9.36. The SMILES string of the molecule is CC(C)NC(CO)CCN1CCCC(C)(C)CC1. The van der Waals surface area contributed by atoms with E-state index in [1.807, 2.05) is 0 Å². The number of hydrogen-bond donors (Lipinski definition) is 2. The highest BCUT2D eigenvalue weighted by atomic mass is 16.3. The Labute approximate surface area is 113 Å². The molecule has 1 heterocycles. The van der Waals surface area contributed by atoms with Crippen molar-refractivity contribution in [3.05, 3.63) is 0 Å². The molecular weight excluding hydrogens is 224 g/mol. The van der Waals surface area contributed by atoms with Crippen LogP contribution in [0.1, 0.15) is 53.4 Å². The van der Waals surface area contributed by atoms with Crippen LogP contribution in [0, 0.1) is 5.41 Å². The molecule has 0 bridgehead atoms. The molecule has 1 aliphatic rings. The van der Waals surface area contributed by atoms with Gasteiger partial charge in [0.15, 0.2) is 0 Å².